The number of halogens is 1. The van der Waals surface area contributed by atoms with Gasteiger partial charge in [-0.3, -0.25) is 4.79 Å². The van der Waals surface area contributed by atoms with E-state index in [4.69, 9.17) is 25.8 Å². The average Bonchev–Trinajstić information content (AvgIpc) is 3.52. The molecule has 0 atom stereocenters. The zero-order valence-electron chi connectivity index (χ0n) is 15.1. The normalized spacial score (nSPS) is 13.5. The lowest BCUT2D eigenvalue weighted by Crippen LogP contribution is -2.18. The highest BCUT2D eigenvalue weighted by Gasteiger charge is 2.21. The number of hydrogen-bond acceptors (Lipinski definition) is 6. The summed E-state index contributed by atoms with van der Waals surface area (Å²) in [5.74, 6) is 2.13. The minimum Gasteiger partial charge on any atom is -0.486 e. The lowest BCUT2D eigenvalue weighted by Gasteiger charge is -2.08. The number of ketones is 1. The molecule has 1 fully saturated rings. The van der Waals surface area contributed by atoms with Gasteiger partial charge in [0.1, 0.15) is 24.7 Å². The molecular formula is C21H19ClN2O4. The molecule has 0 bridgehead atoms. The van der Waals surface area contributed by atoms with Crippen LogP contribution >= 0.6 is 11.6 Å². The van der Waals surface area contributed by atoms with E-state index in [9.17, 15) is 4.79 Å². The first-order valence-corrected chi connectivity index (χ1v) is 9.46. The van der Waals surface area contributed by atoms with Crippen LogP contribution in [0.1, 0.15) is 12.8 Å². The number of Topliss-reactive ketones (excluding diaryl/α,β-unsaturated/α-hetero) is 1. The van der Waals surface area contributed by atoms with Crippen LogP contribution in [0, 0.1) is 5.92 Å². The highest BCUT2D eigenvalue weighted by atomic mass is 35.5. The molecule has 0 N–H and O–H groups in total. The number of fused-ring (bicyclic) bond motifs is 1. The Balaban J connectivity index is 1.29. The molecular weight excluding hydrogens is 380 g/mol. The summed E-state index contributed by atoms with van der Waals surface area (Å²) in [6.07, 6.45) is 3.96. The largest absolute Gasteiger partial charge is 0.486 e. The molecule has 0 unspecified atom stereocenters. The van der Waals surface area contributed by atoms with Crippen LogP contribution in [-0.2, 0) is 9.53 Å². The highest BCUT2D eigenvalue weighted by molar-refractivity contribution is 6.31. The summed E-state index contributed by atoms with van der Waals surface area (Å²) in [5, 5.41) is 0.610. The number of ether oxygens (including phenoxy) is 3. The van der Waals surface area contributed by atoms with Gasteiger partial charge in [0.25, 0.3) is 0 Å². The van der Waals surface area contributed by atoms with Gasteiger partial charge in [-0.2, -0.15) is 0 Å². The van der Waals surface area contributed by atoms with Crippen LogP contribution in [0.3, 0.4) is 0 Å². The topological polar surface area (TPSA) is 70.5 Å². The van der Waals surface area contributed by atoms with Crippen molar-refractivity contribution in [2.24, 2.45) is 5.92 Å². The van der Waals surface area contributed by atoms with E-state index >= 15 is 0 Å². The summed E-state index contributed by atoms with van der Waals surface area (Å²) in [6, 6.07) is 12.3. The number of nitrogens with zero attached hydrogens (tertiary/aromatic N) is 2. The molecule has 144 valence electrons. The van der Waals surface area contributed by atoms with Gasteiger partial charge in [-0.05, 0) is 61.2 Å². The Labute approximate surface area is 167 Å². The summed E-state index contributed by atoms with van der Waals surface area (Å²) in [4.78, 5) is 20.5. The van der Waals surface area contributed by atoms with E-state index in [0.29, 0.717) is 46.0 Å². The average molecular weight is 399 g/mol. The quantitative estimate of drug-likeness (QED) is 0.530. The second-order valence-electron chi connectivity index (χ2n) is 6.70. The summed E-state index contributed by atoms with van der Waals surface area (Å²) >= 11 is 5.95. The molecule has 7 heteroatoms. The van der Waals surface area contributed by atoms with Gasteiger partial charge >= 0.3 is 0 Å². The summed E-state index contributed by atoms with van der Waals surface area (Å²) in [6.45, 7) is 0.760. The standard InChI is InChI=1S/C21H19ClN2O4/c22-15-3-8-19-20(9-15)23-10-21(24-19)28-18-6-4-17(5-7-18)27-13-16(25)12-26-11-14-1-2-14/h3-10,14H,1-2,11-13H2. The first-order valence-electron chi connectivity index (χ1n) is 9.08. The van der Waals surface area contributed by atoms with Crippen molar-refractivity contribution in [3.63, 3.8) is 0 Å². The first kappa shape index (κ1) is 18.7. The molecule has 1 aliphatic rings. The molecule has 28 heavy (non-hydrogen) atoms. The molecule has 1 aliphatic carbocycles. The molecule has 4 rings (SSSR count). The Bertz CT molecular complexity index is 974. The van der Waals surface area contributed by atoms with E-state index in [1.807, 2.05) is 0 Å². The number of carbonyl (C=O) groups is 1. The predicted octanol–water partition coefficient (Wildman–Crippen LogP) is 4.45. The third kappa shape index (κ3) is 5.18. The minimum atomic E-state index is -0.0764. The third-order valence-electron chi connectivity index (χ3n) is 4.24. The van der Waals surface area contributed by atoms with Crippen molar-refractivity contribution in [3.05, 3.63) is 53.7 Å². The second-order valence-corrected chi connectivity index (χ2v) is 7.14. The Morgan fingerprint density at radius 3 is 2.61 bits per heavy atom. The van der Waals surface area contributed by atoms with Gasteiger partial charge in [0.15, 0.2) is 5.78 Å². The van der Waals surface area contributed by atoms with E-state index in [1.54, 1.807) is 48.7 Å². The van der Waals surface area contributed by atoms with E-state index in [2.05, 4.69) is 9.97 Å². The summed E-state index contributed by atoms with van der Waals surface area (Å²) in [5.41, 5.74) is 1.40. The molecule has 2 aromatic carbocycles. The molecule has 6 nitrogen and oxygen atoms in total. The van der Waals surface area contributed by atoms with E-state index < -0.39 is 0 Å². The molecule has 3 aromatic rings. The molecule has 0 amide bonds. The zero-order valence-corrected chi connectivity index (χ0v) is 15.9. The number of hydrogen-bond donors (Lipinski definition) is 0. The van der Waals surface area contributed by atoms with Crippen molar-refractivity contribution in [1.29, 1.82) is 0 Å². The summed E-state index contributed by atoms with van der Waals surface area (Å²) in [7, 11) is 0. The molecule has 1 heterocycles. The lowest BCUT2D eigenvalue weighted by atomic mass is 10.3. The fraction of sp³-hybridized carbons (Fsp3) is 0.286. The van der Waals surface area contributed by atoms with Gasteiger partial charge in [0, 0.05) is 11.6 Å². The van der Waals surface area contributed by atoms with Gasteiger partial charge in [-0.15, -0.1) is 0 Å². The monoisotopic (exact) mass is 398 g/mol. The number of benzene rings is 2. The van der Waals surface area contributed by atoms with E-state index in [1.165, 1.54) is 12.8 Å². The maximum Gasteiger partial charge on any atom is 0.238 e. The number of carbonyl (C=O) groups excluding carboxylic acids is 1. The molecule has 0 radical (unpaired) electrons. The predicted molar refractivity (Wildman–Crippen MR) is 105 cm³/mol. The molecule has 1 saturated carbocycles. The molecule has 0 aliphatic heterocycles. The SMILES string of the molecule is O=C(COCC1CC1)COc1ccc(Oc2cnc3cc(Cl)ccc3n2)cc1. The maximum absolute atomic E-state index is 11.8. The van der Waals surface area contributed by atoms with Gasteiger partial charge < -0.3 is 14.2 Å². The lowest BCUT2D eigenvalue weighted by molar-refractivity contribution is -0.125. The number of rotatable bonds is 9. The molecule has 0 saturated heterocycles. The first-order chi connectivity index (χ1) is 13.7. The fourth-order valence-corrected chi connectivity index (χ4v) is 2.74. The van der Waals surface area contributed by atoms with E-state index in [-0.39, 0.29) is 19.0 Å². The Hall–Kier alpha value is -2.70. The van der Waals surface area contributed by atoms with Crippen molar-refractivity contribution in [2.45, 2.75) is 12.8 Å². The van der Waals surface area contributed by atoms with Gasteiger partial charge in [0.2, 0.25) is 5.88 Å². The van der Waals surface area contributed by atoms with Crippen molar-refractivity contribution in [1.82, 2.24) is 9.97 Å². The van der Waals surface area contributed by atoms with Crippen LogP contribution in [-0.4, -0.2) is 35.6 Å². The zero-order chi connectivity index (χ0) is 19.3. The summed E-state index contributed by atoms with van der Waals surface area (Å²) < 4.78 is 16.6. The second kappa shape index (κ2) is 8.54. The Morgan fingerprint density at radius 2 is 1.82 bits per heavy atom. The third-order valence-corrected chi connectivity index (χ3v) is 4.48. The van der Waals surface area contributed by atoms with Gasteiger partial charge in [-0.1, -0.05) is 11.6 Å². The molecule has 0 spiro atoms. The van der Waals surface area contributed by atoms with Crippen LogP contribution in [0.15, 0.2) is 48.7 Å². The van der Waals surface area contributed by atoms with Crippen molar-refractivity contribution in [2.75, 3.05) is 19.8 Å². The van der Waals surface area contributed by atoms with Gasteiger partial charge in [0.05, 0.1) is 17.2 Å². The fourth-order valence-electron chi connectivity index (χ4n) is 2.57. The number of aromatic nitrogens is 2. The Kier molecular flexibility index (Phi) is 5.69. The Morgan fingerprint density at radius 1 is 1.04 bits per heavy atom. The smallest absolute Gasteiger partial charge is 0.238 e. The van der Waals surface area contributed by atoms with Gasteiger partial charge in [-0.25, -0.2) is 9.97 Å². The van der Waals surface area contributed by atoms with Crippen LogP contribution in [0.2, 0.25) is 5.02 Å². The molecule has 1 aromatic heterocycles. The van der Waals surface area contributed by atoms with E-state index in [0.717, 1.165) is 0 Å². The maximum atomic E-state index is 11.8. The van der Waals surface area contributed by atoms with Crippen LogP contribution in [0.4, 0.5) is 0 Å². The minimum absolute atomic E-state index is 0.0103. The van der Waals surface area contributed by atoms with Crippen LogP contribution in [0.5, 0.6) is 17.4 Å². The van der Waals surface area contributed by atoms with Crippen molar-refractivity contribution in [3.8, 4) is 17.4 Å². The highest BCUT2D eigenvalue weighted by Crippen LogP contribution is 2.28. The van der Waals surface area contributed by atoms with Crippen LogP contribution < -0.4 is 9.47 Å². The van der Waals surface area contributed by atoms with Crippen LogP contribution in [0.25, 0.3) is 11.0 Å². The van der Waals surface area contributed by atoms with Crippen molar-refractivity contribution >= 4 is 28.4 Å². The van der Waals surface area contributed by atoms with Crippen molar-refractivity contribution < 1.29 is 19.0 Å².